The zero-order chi connectivity index (χ0) is 19.2. The van der Waals surface area contributed by atoms with Gasteiger partial charge in [-0.3, -0.25) is 14.9 Å². The van der Waals surface area contributed by atoms with Gasteiger partial charge in [0.05, 0.1) is 9.80 Å². The summed E-state index contributed by atoms with van der Waals surface area (Å²) < 4.78 is 18.5. The lowest BCUT2D eigenvalue weighted by atomic mass is 10.2. The normalized spacial score (nSPS) is 10.4. The van der Waals surface area contributed by atoms with E-state index in [9.17, 15) is 19.3 Å². The molecule has 0 unspecified atom stereocenters. The number of hydrogen-bond acceptors (Lipinski definition) is 5. The third-order valence-electron chi connectivity index (χ3n) is 3.70. The molecule has 0 fully saturated rings. The second kappa shape index (κ2) is 8.41. The first-order valence-corrected chi connectivity index (χ1v) is 8.86. The molecule has 0 spiro atoms. The molecule has 3 rings (SSSR count). The van der Waals surface area contributed by atoms with E-state index in [0.717, 1.165) is 11.1 Å². The Morgan fingerprint density at radius 2 is 1.81 bits per heavy atom. The van der Waals surface area contributed by atoms with E-state index in [1.165, 1.54) is 47.7 Å². The van der Waals surface area contributed by atoms with Crippen molar-refractivity contribution in [2.24, 2.45) is 0 Å². The second-order valence-electron chi connectivity index (χ2n) is 5.67. The molecule has 0 saturated carbocycles. The molecule has 0 atom stereocenters. The van der Waals surface area contributed by atoms with Gasteiger partial charge in [-0.05, 0) is 41.3 Å². The van der Waals surface area contributed by atoms with Crippen molar-refractivity contribution < 1.29 is 18.8 Å². The molecular weight excluding hydrogens is 371 g/mol. The minimum absolute atomic E-state index is 0.00186. The number of nitrogens with zero attached hydrogens (tertiary/aromatic N) is 1. The van der Waals surface area contributed by atoms with Gasteiger partial charge in [-0.1, -0.05) is 12.1 Å². The molecule has 3 aromatic rings. The molecule has 8 heteroatoms. The molecule has 0 saturated heterocycles. The van der Waals surface area contributed by atoms with Crippen molar-refractivity contribution >= 4 is 22.9 Å². The van der Waals surface area contributed by atoms with Crippen molar-refractivity contribution in [2.75, 3.05) is 0 Å². The van der Waals surface area contributed by atoms with Gasteiger partial charge in [0.15, 0.2) is 0 Å². The van der Waals surface area contributed by atoms with Crippen LogP contribution in [0.2, 0.25) is 0 Å². The summed E-state index contributed by atoms with van der Waals surface area (Å²) in [6.45, 7) is 0.561. The predicted octanol–water partition coefficient (Wildman–Crippen LogP) is 4.30. The SMILES string of the molecule is O=C(NCc1ccc(F)cc1)c1cc(COc2ccc([N+](=O)[O-])cc2)cs1. The van der Waals surface area contributed by atoms with E-state index in [-0.39, 0.29) is 24.0 Å². The van der Waals surface area contributed by atoms with Crippen LogP contribution in [-0.2, 0) is 13.2 Å². The Hall–Kier alpha value is -3.26. The number of halogens is 1. The van der Waals surface area contributed by atoms with Crippen LogP contribution in [0.1, 0.15) is 20.8 Å². The quantitative estimate of drug-likeness (QED) is 0.485. The van der Waals surface area contributed by atoms with E-state index < -0.39 is 4.92 Å². The van der Waals surface area contributed by atoms with Gasteiger partial charge in [-0.2, -0.15) is 0 Å². The number of nitro benzene ring substituents is 1. The first-order valence-electron chi connectivity index (χ1n) is 7.98. The fraction of sp³-hybridized carbons (Fsp3) is 0.105. The number of non-ortho nitro benzene ring substituents is 1. The summed E-state index contributed by atoms with van der Waals surface area (Å²) in [4.78, 5) is 22.9. The van der Waals surface area contributed by atoms with Crippen LogP contribution in [0.4, 0.5) is 10.1 Å². The Balaban J connectivity index is 1.52. The van der Waals surface area contributed by atoms with Gasteiger partial charge in [0.25, 0.3) is 11.6 Å². The van der Waals surface area contributed by atoms with Gasteiger partial charge in [-0.25, -0.2) is 4.39 Å². The lowest BCUT2D eigenvalue weighted by Crippen LogP contribution is -2.21. The fourth-order valence-corrected chi connectivity index (χ4v) is 3.09. The molecule has 0 aliphatic carbocycles. The van der Waals surface area contributed by atoms with E-state index in [1.54, 1.807) is 18.2 Å². The molecule has 1 heterocycles. The molecule has 0 aliphatic rings. The molecule has 2 aromatic carbocycles. The van der Waals surface area contributed by atoms with Crippen molar-refractivity contribution in [3.05, 3.63) is 91.9 Å². The Labute approximate surface area is 158 Å². The highest BCUT2D eigenvalue weighted by Gasteiger charge is 2.10. The zero-order valence-electron chi connectivity index (χ0n) is 14.1. The Kier molecular flexibility index (Phi) is 5.77. The number of ether oxygens (including phenoxy) is 1. The number of carbonyl (C=O) groups is 1. The number of nitro groups is 1. The molecule has 1 aromatic heterocycles. The van der Waals surface area contributed by atoms with Crippen molar-refractivity contribution in [3.8, 4) is 5.75 Å². The second-order valence-corrected chi connectivity index (χ2v) is 6.58. The molecule has 0 aliphatic heterocycles. The summed E-state index contributed by atoms with van der Waals surface area (Å²) in [5.41, 5.74) is 1.63. The lowest BCUT2D eigenvalue weighted by Gasteiger charge is -2.04. The molecule has 1 N–H and O–H groups in total. The first-order chi connectivity index (χ1) is 13.0. The summed E-state index contributed by atoms with van der Waals surface area (Å²) in [5, 5.41) is 15.2. The Morgan fingerprint density at radius 1 is 1.11 bits per heavy atom. The highest BCUT2D eigenvalue weighted by molar-refractivity contribution is 7.12. The van der Waals surface area contributed by atoms with Gasteiger partial charge in [-0.15, -0.1) is 11.3 Å². The smallest absolute Gasteiger partial charge is 0.269 e. The molecule has 1 amide bonds. The van der Waals surface area contributed by atoms with Crippen LogP contribution in [-0.4, -0.2) is 10.8 Å². The van der Waals surface area contributed by atoms with Gasteiger partial charge < -0.3 is 10.1 Å². The Bertz CT molecular complexity index is 939. The third kappa shape index (κ3) is 5.11. The van der Waals surface area contributed by atoms with E-state index in [2.05, 4.69) is 5.32 Å². The molecule has 6 nitrogen and oxygen atoms in total. The van der Waals surface area contributed by atoms with Crippen molar-refractivity contribution in [1.82, 2.24) is 5.32 Å². The van der Waals surface area contributed by atoms with Crippen molar-refractivity contribution in [1.29, 1.82) is 0 Å². The number of rotatable bonds is 7. The van der Waals surface area contributed by atoms with Crippen LogP contribution in [0.3, 0.4) is 0 Å². The highest BCUT2D eigenvalue weighted by Crippen LogP contribution is 2.20. The number of nitrogens with one attached hydrogen (secondary N) is 1. The van der Waals surface area contributed by atoms with E-state index in [4.69, 9.17) is 4.74 Å². The standard InChI is InChI=1S/C19H15FN2O4S/c20-15-3-1-13(2-4-15)10-21-19(23)18-9-14(12-27-18)11-26-17-7-5-16(6-8-17)22(24)25/h1-9,12H,10-11H2,(H,21,23). The monoisotopic (exact) mass is 386 g/mol. The van der Waals surface area contributed by atoms with Crippen LogP contribution < -0.4 is 10.1 Å². The van der Waals surface area contributed by atoms with Crippen molar-refractivity contribution in [3.63, 3.8) is 0 Å². The van der Waals surface area contributed by atoms with Gasteiger partial charge in [0.1, 0.15) is 18.2 Å². The number of carbonyl (C=O) groups excluding carboxylic acids is 1. The summed E-state index contributed by atoms with van der Waals surface area (Å²) in [6, 6.07) is 13.5. The number of hydrogen-bond donors (Lipinski definition) is 1. The van der Waals surface area contributed by atoms with E-state index >= 15 is 0 Å². The molecular formula is C19H15FN2O4S. The topological polar surface area (TPSA) is 81.5 Å². The summed E-state index contributed by atoms with van der Waals surface area (Å²) >= 11 is 1.30. The zero-order valence-corrected chi connectivity index (χ0v) is 14.9. The first kappa shape index (κ1) is 18.5. The van der Waals surface area contributed by atoms with Crippen LogP contribution in [0.25, 0.3) is 0 Å². The average Bonchev–Trinajstić information content (AvgIpc) is 3.15. The van der Waals surface area contributed by atoms with Crippen LogP contribution in [0, 0.1) is 15.9 Å². The largest absolute Gasteiger partial charge is 0.489 e. The molecule has 138 valence electrons. The molecule has 0 bridgehead atoms. The maximum Gasteiger partial charge on any atom is 0.269 e. The molecule has 27 heavy (non-hydrogen) atoms. The number of amides is 1. The van der Waals surface area contributed by atoms with E-state index in [0.29, 0.717) is 17.2 Å². The average molecular weight is 386 g/mol. The van der Waals surface area contributed by atoms with Crippen LogP contribution in [0.5, 0.6) is 5.75 Å². The third-order valence-corrected chi connectivity index (χ3v) is 4.67. The predicted molar refractivity (Wildman–Crippen MR) is 99.3 cm³/mol. The van der Waals surface area contributed by atoms with E-state index in [1.807, 2.05) is 5.38 Å². The van der Waals surface area contributed by atoms with Crippen molar-refractivity contribution in [2.45, 2.75) is 13.2 Å². The minimum atomic E-state index is -0.473. The summed E-state index contributed by atoms with van der Waals surface area (Å²) in [6.07, 6.45) is 0. The molecule has 0 radical (unpaired) electrons. The number of benzene rings is 2. The Morgan fingerprint density at radius 3 is 2.48 bits per heavy atom. The van der Waals surface area contributed by atoms with Crippen LogP contribution >= 0.6 is 11.3 Å². The maximum absolute atomic E-state index is 12.9. The fourth-order valence-electron chi connectivity index (χ4n) is 2.27. The summed E-state index contributed by atoms with van der Waals surface area (Å²) in [5.74, 6) is -0.0268. The van der Waals surface area contributed by atoms with Gasteiger partial charge >= 0.3 is 0 Å². The van der Waals surface area contributed by atoms with Crippen LogP contribution in [0.15, 0.2) is 60.0 Å². The van der Waals surface area contributed by atoms with Gasteiger partial charge in [0, 0.05) is 24.2 Å². The highest BCUT2D eigenvalue weighted by atomic mass is 32.1. The summed E-state index contributed by atoms with van der Waals surface area (Å²) in [7, 11) is 0. The maximum atomic E-state index is 12.9. The number of thiophene rings is 1. The lowest BCUT2D eigenvalue weighted by molar-refractivity contribution is -0.384. The van der Waals surface area contributed by atoms with Gasteiger partial charge in [0.2, 0.25) is 0 Å². The minimum Gasteiger partial charge on any atom is -0.489 e.